The molecule has 1 saturated heterocycles. The van der Waals surface area contributed by atoms with Gasteiger partial charge in [-0.2, -0.15) is 0 Å². The second kappa shape index (κ2) is 14.1. The number of hydrogen-bond donors (Lipinski definition) is 4. The predicted octanol–water partition coefficient (Wildman–Crippen LogP) is 0.200. The molecule has 3 amide bonds. The molecule has 0 spiro atoms. The number of benzene rings is 2. The number of ether oxygens (including phenoxy) is 1. The first-order valence-corrected chi connectivity index (χ1v) is 12.1. The fourth-order valence-electron chi connectivity index (χ4n) is 3.83. The number of carbonyl (C=O) groups is 3. The van der Waals surface area contributed by atoms with Gasteiger partial charge >= 0.3 is 0 Å². The molecule has 0 saturated carbocycles. The molecule has 0 aromatic heterocycles. The zero-order chi connectivity index (χ0) is 26.6. The number of likely N-dealkylation sites (N-methyl/N-ethyl adjacent to an activating group) is 2. The SMILES string of the molecule is CNC(=O)C(C(=O)NO)N(C)C(=O)c1ccc(C#Cc2ccc(CNCCN3CCOCC3)cc2)cc1. The molecule has 1 aliphatic heterocycles. The number of amides is 3. The highest BCUT2D eigenvalue weighted by Gasteiger charge is 2.33. The van der Waals surface area contributed by atoms with Crippen LogP contribution in [0.4, 0.5) is 0 Å². The van der Waals surface area contributed by atoms with Gasteiger partial charge in [0.2, 0.25) is 0 Å². The molecule has 1 aliphatic rings. The van der Waals surface area contributed by atoms with E-state index in [4.69, 9.17) is 9.94 Å². The van der Waals surface area contributed by atoms with Crippen molar-refractivity contribution in [1.82, 2.24) is 25.9 Å². The Balaban J connectivity index is 1.53. The smallest absolute Gasteiger partial charge is 0.275 e. The van der Waals surface area contributed by atoms with Crippen LogP contribution < -0.4 is 16.1 Å². The summed E-state index contributed by atoms with van der Waals surface area (Å²) in [5, 5.41) is 14.7. The Bertz CT molecular complexity index is 1100. The summed E-state index contributed by atoms with van der Waals surface area (Å²) in [6.45, 7) is 6.35. The highest BCUT2D eigenvalue weighted by molar-refractivity contribution is 6.08. The van der Waals surface area contributed by atoms with Gasteiger partial charge in [-0.3, -0.25) is 24.5 Å². The number of rotatable bonds is 9. The molecule has 1 heterocycles. The number of morpholine rings is 1. The lowest BCUT2D eigenvalue weighted by Gasteiger charge is -2.26. The van der Waals surface area contributed by atoms with Crippen LogP contribution in [0.2, 0.25) is 0 Å². The number of hydrogen-bond acceptors (Lipinski definition) is 7. The lowest BCUT2D eigenvalue weighted by molar-refractivity contribution is -0.140. The first kappa shape index (κ1) is 27.8. The van der Waals surface area contributed by atoms with Crippen LogP contribution in [0.25, 0.3) is 0 Å². The van der Waals surface area contributed by atoms with Crippen molar-refractivity contribution in [2.45, 2.75) is 12.6 Å². The Hall–Kier alpha value is -3.75. The first-order chi connectivity index (χ1) is 17.9. The maximum Gasteiger partial charge on any atom is 0.275 e. The third kappa shape index (κ3) is 8.13. The maximum absolute atomic E-state index is 12.8. The molecule has 10 nitrogen and oxygen atoms in total. The second-order valence-electron chi connectivity index (χ2n) is 8.56. The van der Waals surface area contributed by atoms with E-state index in [1.54, 1.807) is 24.3 Å². The van der Waals surface area contributed by atoms with E-state index in [9.17, 15) is 14.4 Å². The largest absolute Gasteiger partial charge is 0.379 e. The van der Waals surface area contributed by atoms with Gasteiger partial charge in [0.15, 0.2) is 6.04 Å². The van der Waals surface area contributed by atoms with E-state index in [1.165, 1.54) is 25.1 Å². The minimum Gasteiger partial charge on any atom is -0.379 e. The van der Waals surface area contributed by atoms with Gasteiger partial charge in [-0.1, -0.05) is 24.0 Å². The third-order valence-corrected chi connectivity index (χ3v) is 6.04. The molecule has 196 valence electrons. The zero-order valence-corrected chi connectivity index (χ0v) is 21.1. The summed E-state index contributed by atoms with van der Waals surface area (Å²) in [5.41, 5.74) is 4.46. The average Bonchev–Trinajstić information content (AvgIpc) is 2.95. The first-order valence-electron chi connectivity index (χ1n) is 12.1. The van der Waals surface area contributed by atoms with Gasteiger partial charge in [0.25, 0.3) is 17.7 Å². The van der Waals surface area contributed by atoms with Crippen LogP contribution in [-0.4, -0.2) is 92.3 Å². The molecule has 2 aromatic rings. The summed E-state index contributed by atoms with van der Waals surface area (Å²) in [4.78, 5) is 40.0. The van der Waals surface area contributed by atoms with Gasteiger partial charge in [0, 0.05) is 63.5 Å². The molecule has 4 N–H and O–H groups in total. The van der Waals surface area contributed by atoms with Crippen molar-refractivity contribution in [2.75, 3.05) is 53.5 Å². The van der Waals surface area contributed by atoms with Crippen LogP contribution in [0.15, 0.2) is 48.5 Å². The molecule has 1 unspecified atom stereocenters. The lowest BCUT2D eigenvalue weighted by atomic mass is 10.1. The van der Waals surface area contributed by atoms with Gasteiger partial charge in [0.05, 0.1) is 13.2 Å². The van der Waals surface area contributed by atoms with Crippen molar-refractivity contribution >= 4 is 17.7 Å². The van der Waals surface area contributed by atoms with E-state index in [0.29, 0.717) is 5.56 Å². The molecular formula is C27H33N5O5. The monoisotopic (exact) mass is 507 g/mol. The molecule has 1 atom stereocenters. The maximum atomic E-state index is 12.8. The van der Waals surface area contributed by atoms with E-state index in [1.807, 2.05) is 12.1 Å². The molecule has 3 rings (SSSR count). The Labute approximate surface area is 216 Å². The number of carbonyl (C=O) groups excluding carboxylic acids is 3. The number of hydroxylamine groups is 1. The molecule has 1 fully saturated rings. The quantitative estimate of drug-likeness (QED) is 0.126. The lowest BCUT2D eigenvalue weighted by Crippen LogP contribution is -2.54. The minimum atomic E-state index is -1.51. The summed E-state index contributed by atoms with van der Waals surface area (Å²) in [6.07, 6.45) is 0. The zero-order valence-electron chi connectivity index (χ0n) is 21.1. The second-order valence-corrected chi connectivity index (χ2v) is 8.56. The summed E-state index contributed by atoms with van der Waals surface area (Å²) in [7, 11) is 2.65. The minimum absolute atomic E-state index is 0.276. The van der Waals surface area contributed by atoms with Crippen molar-refractivity contribution < 1.29 is 24.3 Å². The third-order valence-electron chi connectivity index (χ3n) is 6.04. The average molecular weight is 508 g/mol. The van der Waals surface area contributed by atoms with Crippen LogP contribution in [0.5, 0.6) is 0 Å². The summed E-state index contributed by atoms with van der Waals surface area (Å²) < 4.78 is 5.37. The molecular weight excluding hydrogens is 474 g/mol. The van der Waals surface area contributed by atoms with E-state index in [0.717, 1.165) is 56.4 Å². The van der Waals surface area contributed by atoms with E-state index < -0.39 is 23.8 Å². The van der Waals surface area contributed by atoms with Crippen molar-refractivity contribution in [2.24, 2.45) is 0 Å². The summed E-state index contributed by atoms with van der Waals surface area (Å²) in [6, 6.07) is 13.1. The van der Waals surface area contributed by atoms with E-state index in [2.05, 4.69) is 39.5 Å². The normalized spacial score (nSPS) is 14.1. The van der Waals surface area contributed by atoms with E-state index >= 15 is 0 Å². The Morgan fingerprint density at radius 2 is 1.59 bits per heavy atom. The summed E-state index contributed by atoms with van der Waals surface area (Å²) >= 11 is 0. The standard InChI is InChI=1S/C27H33N5O5/c1-28-25(33)24(26(34)30-36)31(2)27(35)23-11-9-21(10-12-23)4-3-20-5-7-22(8-6-20)19-29-13-14-32-15-17-37-18-16-32/h5-12,24,29,36H,13-19H2,1-2H3,(H,28,33)(H,30,34). The van der Waals surface area contributed by atoms with Gasteiger partial charge in [-0.05, 0) is 42.0 Å². The van der Waals surface area contributed by atoms with Gasteiger partial charge in [-0.15, -0.1) is 0 Å². The molecule has 2 aromatic carbocycles. The Kier molecular flexibility index (Phi) is 10.6. The molecule has 10 heteroatoms. The molecule has 0 aliphatic carbocycles. The fourth-order valence-corrected chi connectivity index (χ4v) is 3.83. The Morgan fingerprint density at radius 3 is 2.16 bits per heavy atom. The van der Waals surface area contributed by atoms with E-state index in [-0.39, 0.29) is 5.56 Å². The molecule has 0 radical (unpaired) electrons. The number of nitrogens with one attached hydrogen (secondary N) is 3. The summed E-state index contributed by atoms with van der Waals surface area (Å²) in [5.74, 6) is 3.91. The highest BCUT2D eigenvalue weighted by atomic mass is 16.5. The van der Waals surface area contributed by atoms with Crippen molar-refractivity contribution in [1.29, 1.82) is 0 Å². The highest BCUT2D eigenvalue weighted by Crippen LogP contribution is 2.10. The van der Waals surface area contributed by atoms with Gasteiger partial charge in [-0.25, -0.2) is 5.48 Å². The predicted molar refractivity (Wildman–Crippen MR) is 138 cm³/mol. The van der Waals surface area contributed by atoms with Gasteiger partial charge in [0.1, 0.15) is 0 Å². The van der Waals surface area contributed by atoms with Crippen LogP contribution in [0.1, 0.15) is 27.0 Å². The van der Waals surface area contributed by atoms with Crippen LogP contribution >= 0.6 is 0 Å². The fraction of sp³-hybridized carbons (Fsp3) is 0.370. The van der Waals surface area contributed by atoms with Crippen molar-refractivity contribution in [3.05, 3.63) is 70.8 Å². The van der Waals surface area contributed by atoms with Crippen LogP contribution in [0.3, 0.4) is 0 Å². The van der Waals surface area contributed by atoms with Gasteiger partial charge < -0.3 is 20.3 Å². The van der Waals surface area contributed by atoms with Crippen molar-refractivity contribution in [3.63, 3.8) is 0 Å². The molecule has 0 bridgehead atoms. The molecule has 37 heavy (non-hydrogen) atoms. The topological polar surface area (TPSA) is 123 Å². The van der Waals surface area contributed by atoms with Crippen LogP contribution in [0, 0.1) is 11.8 Å². The Morgan fingerprint density at radius 1 is 1.00 bits per heavy atom. The van der Waals surface area contributed by atoms with Crippen LogP contribution in [-0.2, 0) is 20.9 Å². The number of nitrogens with zero attached hydrogens (tertiary/aromatic N) is 2. The van der Waals surface area contributed by atoms with Crippen molar-refractivity contribution in [3.8, 4) is 11.8 Å².